The van der Waals surface area contributed by atoms with E-state index in [9.17, 15) is 4.79 Å². The molecule has 0 radical (unpaired) electrons. The van der Waals surface area contributed by atoms with Gasteiger partial charge in [0.25, 0.3) is 0 Å². The van der Waals surface area contributed by atoms with E-state index >= 15 is 0 Å². The molecule has 1 aromatic carbocycles. The molecular weight excluding hydrogens is 282 g/mol. The third-order valence-electron chi connectivity index (χ3n) is 3.07. The molecule has 3 nitrogen and oxygen atoms in total. The summed E-state index contributed by atoms with van der Waals surface area (Å²) in [5, 5.41) is 9.38. The average Bonchev–Trinajstić information content (AvgIpc) is 2.37. The minimum Gasteiger partial charge on any atom is -0.478 e. The van der Waals surface area contributed by atoms with Crippen molar-refractivity contribution >= 4 is 41.1 Å². The summed E-state index contributed by atoms with van der Waals surface area (Å²) in [5.74, 6) is 1.23. The predicted molar refractivity (Wildman–Crippen MR) is 82.3 cm³/mol. The Bertz CT molecular complexity index is 504. The van der Waals surface area contributed by atoms with Crippen LogP contribution in [0.5, 0.6) is 0 Å². The molecule has 0 spiro atoms. The zero-order valence-corrected chi connectivity index (χ0v) is 12.2. The molecule has 5 heteroatoms. The highest BCUT2D eigenvalue weighted by atomic mass is 35.5. The van der Waals surface area contributed by atoms with E-state index in [2.05, 4.69) is 11.8 Å². The normalized spacial score (nSPS) is 19.9. The fourth-order valence-corrected chi connectivity index (χ4v) is 3.36. The van der Waals surface area contributed by atoms with Gasteiger partial charge >= 0.3 is 5.97 Å². The van der Waals surface area contributed by atoms with Crippen molar-refractivity contribution in [1.29, 1.82) is 0 Å². The van der Waals surface area contributed by atoms with Crippen LogP contribution in [0.1, 0.15) is 12.5 Å². The molecule has 0 saturated carbocycles. The molecule has 0 bridgehead atoms. The monoisotopic (exact) mass is 297 g/mol. The number of carboxylic acid groups (broad SMARTS) is 1. The first kappa shape index (κ1) is 14.3. The van der Waals surface area contributed by atoms with Crippen molar-refractivity contribution in [2.45, 2.75) is 13.0 Å². The van der Waals surface area contributed by atoms with Gasteiger partial charge in [0.05, 0.1) is 0 Å². The third-order valence-corrected chi connectivity index (χ3v) is 4.50. The van der Waals surface area contributed by atoms with Crippen LogP contribution in [0.25, 0.3) is 6.08 Å². The molecule has 1 aromatic rings. The summed E-state index contributed by atoms with van der Waals surface area (Å²) < 4.78 is 0. The Morgan fingerprint density at radius 1 is 1.58 bits per heavy atom. The number of thioether (sulfide) groups is 1. The molecular formula is C14H16ClNO2S. The first-order chi connectivity index (χ1) is 9.08. The fraction of sp³-hybridized carbons (Fsp3) is 0.357. The lowest BCUT2D eigenvalue weighted by atomic mass is 10.1. The number of hydrogen-bond acceptors (Lipinski definition) is 3. The molecule has 1 aliphatic rings. The standard InChI is InChI=1S/C14H16ClNO2S/c1-10-9-19-7-6-16(10)13-4-3-12(15)8-11(13)2-5-14(17)18/h2-5,8,10H,6-7,9H2,1H3,(H,17,18)/b5-2+. The summed E-state index contributed by atoms with van der Waals surface area (Å²) in [4.78, 5) is 13.0. The summed E-state index contributed by atoms with van der Waals surface area (Å²) in [6.45, 7) is 3.16. The van der Waals surface area contributed by atoms with Gasteiger partial charge in [-0.1, -0.05) is 11.6 Å². The molecule has 1 aliphatic heterocycles. The summed E-state index contributed by atoms with van der Waals surface area (Å²) in [7, 11) is 0. The molecule has 0 amide bonds. The van der Waals surface area contributed by atoms with Gasteiger partial charge in [-0.2, -0.15) is 11.8 Å². The lowest BCUT2D eigenvalue weighted by molar-refractivity contribution is -0.131. The second-order valence-corrected chi connectivity index (χ2v) is 6.08. The fourth-order valence-electron chi connectivity index (χ4n) is 2.17. The van der Waals surface area contributed by atoms with Gasteiger partial charge in [-0.05, 0) is 36.8 Å². The highest BCUT2D eigenvalue weighted by Crippen LogP contribution is 2.30. The number of anilines is 1. The molecule has 1 atom stereocenters. The van der Waals surface area contributed by atoms with E-state index in [1.54, 1.807) is 6.08 Å². The van der Waals surface area contributed by atoms with Crippen molar-refractivity contribution in [1.82, 2.24) is 0 Å². The van der Waals surface area contributed by atoms with Gasteiger partial charge in [0, 0.05) is 40.9 Å². The van der Waals surface area contributed by atoms with Crippen LogP contribution >= 0.6 is 23.4 Å². The Balaban J connectivity index is 2.35. The zero-order valence-electron chi connectivity index (χ0n) is 10.7. The van der Waals surface area contributed by atoms with Gasteiger partial charge in [-0.3, -0.25) is 0 Å². The Morgan fingerprint density at radius 2 is 2.37 bits per heavy atom. The number of hydrogen-bond donors (Lipinski definition) is 1. The summed E-state index contributed by atoms with van der Waals surface area (Å²) in [5.41, 5.74) is 1.91. The first-order valence-corrected chi connectivity index (χ1v) is 7.66. The third kappa shape index (κ3) is 3.67. The van der Waals surface area contributed by atoms with Gasteiger partial charge in [0.15, 0.2) is 0 Å². The van der Waals surface area contributed by atoms with E-state index < -0.39 is 5.97 Å². The number of benzene rings is 1. The van der Waals surface area contributed by atoms with Crippen LogP contribution in [0.4, 0.5) is 5.69 Å². The number of carboxylic acids is 1. The summed E-state index contributed by atoms with van der Waals surface area (Å²) in [6.07, 6.45) is 2.76. The molecule has 1 saturated heterocycles. The van der Waals surface area contributed by atoms with Gasteiger partial charge in [0.1, 0.15) is 0 Å². The van der Waals surface area contributed by atoms with Gasteiger partial charge in [-0.15, -0.1) is 0 Å². The van der Waals surface area contributed by atoms with Crippen molar-refractivity contribution in [3.63, 3.8) is 0 Å². The van der Waals surface area contributed by atoms with Crippen LogP contribution in [-0.2, 0) is 4.79 Å². The number of halogens is 1. The number of aliphatic carboxylic acids is 1. The highest BCUT2D eigenvalue weighted by Gasteiger charge is 2.20. The van der Waals surface area contributed by atoms with Crippen molar-refractivity contribution in [2.24, 2.45) is 0 Å². The summed E-state index contributed by atoms with van der Waals surface area (Å²) in [6, 6.07) is 6.07. The van der Waals surface area contributed by atoms with Gasteiger partial charge < -0.3 is 10.0 Å². The van der Waals surface area contributed by atoms with Crippen molar-refractivity contribution in [2.75, 3.05) is 23.0 Å². The highest BCUT2D eigenvalue weighted by molar-refractivity contribution is 7.99. The van der Waals surface area contributed by atoms with E-state index in [4.69, 9.17) is 16.7 Å². The van der Waals surface area contributed by atoms with E-state index in [1.165, 1.54) is 0 Å². The van der Waals surface area contributed by atoms with E-state index in [-0.39, 0.29) is 0 Å². The van der Waals surface area contributed by atoms with Crippen molar-refractivity contribution in [3.8, 4) is 0 Å². The Morgan fingerprint density at radius 3 is 3.05 bits per heavy atom. The number of rotatable bonds is 3. The Labute approximate surface area is 122 Å². The topological polar surface area (TPSA) is 40.5 Å². The van der Waals surface area contributed by atoms with Gasteiger partial charge in [0.2, 0.25) is 0 Å². The van der Waals surface area contributed by atoms with E-state index in [0.717, 1.165) is 35.4 Å². The second kappa shape index (κ2) is 6.35. The molecule has 19 heavy (non-hydrogen) atoms. The van der Waals surface area contributed by atoms with Crippen LogP contribution in [-0.4, -0.2) is 35.2 Å². The van der Waals surface area contributed by atoms with Crippen LogP contribution in [0.3, 0.4) is 0 Å². The minimum atomic E-state index is -0.951. The maximum absolute atomic E-state index is 10.7. The van der Waals surface area contributed by atoms with Crippen molar-refractivity contribution in [3.05, 3.63) is 34.9 Å². The van der Waals surface area contributed by atoms with Crippen LogP contribution in [0, 0.1) is 0 Å². The van der Waals surface area contributed by atoms with Crippen LogP contribution in [0.15, 0.2) is 24.3 Å². The smallest absolute Gasteiger partial charge is 0.328 e. The minimum absolute atomic E-state index is 0.442. The lowest BCUT2D eigenvalue weighted by Crippen LogP contribution is -2.40. The molecule has 0 aliphatic carbocycles. The van der Waals surface area contributed by atoms with E-state index in [1.807, 2.05) is 30.0 Å². The largest absolute Gasteiger partial charge is 0.478 e. The van der Waals surface area contributed by atoms with Crippen LogP contribution < -0.4 is 4.90 Å². The molecule has 0 aromatic heterocycles. The maximum atomic E-state index is 10.7. The molecule has 1 fully saturated rings. The molecule has 1 unspecified atom stereocenters. The van der Waals surface area contributed by atoms with Gasteiger partial charge in [-0.25, -0.2) is 4.79 Å². The first-order valence-electron chi connectivity index (χ1n) is 6.13. The zero-order chi connectivity index (χ0) is 13.8. The molecule has 1 N–H and O–H groups in total. The Kier molecular flexibility index (Phi) is 4.77. The molecule has 2 rings (SSSR count). The number of carbonyl (C=O) groups is 1. The Hall–Kier alpha value is -1.13. The summed E-state index contributed by atoms with van der Waals surface area (Å²) >= 11 is 7.95. The molecule has 1 heterocycles. The van der Waals surface area contributed by atoms with E-state index in [0.29, 0.717) is 11.1 Å². The lowest BCUT2D eigenvalue weighted by Gasteiger charge is -2.36. The quantitative estimate of drug-likeness (QED) is 0.868. The second-order valence-electron chi connectivity index (χ2n) is 4.49. The maximum Gasteiger partial charge on any atom is 0.328 e. The SMILES string of the molecule is CC1CSCCN1c1ccc(Cl)cc1/C=C/C(=O)O. The van der Waals surface area contributed by atoms with Crippen molar-refractivity contribution < 1.29 is 9.90 Å². The predicted octanol–water partition coefficient (Wildman–Crippen LogP) is 3.38. The molecule has 102 valence electrons. The average molecular weight is 298 g/mol. The number of nitrogens with zero attached hydrogens (tertiary/aromatic N) is 1. The van der Waals surface area contributed by atoms with Crippen LogP contribution in [0.2, 0.25) is 5.02 Å².